The number of likely N-dealkylation sites (N-methyl/N-ethyl adjacent to an activating group) is 1. The fraction of sp³-hybridized carbons (Fsp3) is 0.609. The molecule has 14 heteroatoms. The van der Waals surface area contributed by atoms with Crippen LogP contribution in [0.15, 0.2) is 53.6 Å². The first-order valence-electron chi connectivity index (χ1n) is 29.2. The highest BCUT2D eigenvalue weighted by atomic mass is 16.6. The van der Waals surface area contributed by atoms with Gasteiger partial charge in [-0.15, -0.1) is 0 Å². The Hall–Kier alpha value is -5.11. The molecule has 13 atom stereocenters. The van der Waals surface area contributed by atoms with E-state index in [4.69, 9.17) is 14.2 Å². The van der Waals surface area contributed by atoms with E-state index >= 15 is 4.79 Å². The minimum absolute atomic E-state index is 0.0205. The molecule has 418 valence electrons. The molecular weight excluding hydrogens is 989 g/mol. The number of fused-ring (bicyclic) bond motifs is 10. The van der Waals surface area contributed by atoms with E-state index in [2.05, 4.69) is 40.7 Å². The topological polar surface area (TPSA) is 224 Å². The molecule has 11 rings (SSSR count). The number of hydrogen-bond donors (Lipinski definition) is 8. The molecule has 3 heterocycles. The monoisotopic (exact) mass is 1070 g/mol. The predicted molar refractivity (Wildman–Crippen MR) is 293 cm³/mol. The van der Waals surface area contributed by atoms with E-state index in [1.165, 1.54) is 14.0 Å². The standard InChI is InChI=1S/C64H80N2O12/c1-63(74,56(70)33-76-3)34-66-45-24-42(23-43(25-45)55(69)32-65-2)38-15-16-39-31-58(71)78-61-47(39)28-44(60(72)59(61)37-9-5-4-6-10-37)30-57-64(75)51-12-8-7-11-40(51)27-48-49(53(67)20-19-52(48)64)22-35-13-14-36-17-18-46(50(26-38)62(73)77-57)54(68)29-41(36)21-35/h13-14,21,23-25,28,37-40,48-49,51-52,54-57,65-66,68-70,72,74-75H,4-12,17-20,22,26-27,29-34H2,1-3H3. The number of phenolic OH excluding ortho intramolecular Hbond substituents is 1. The summed E-state index contributed by atoms with van der Waals surface area (Å²) in [5, 5.41) is 80.3. The van der Waals surface area contributed by atoms with Gasteiger partial charge in [-0.1, -0.05) is 74.6 Å². The number of aliphatic hydroxyl groups is 5. The van der Waals surface area contributed by atoms with Gasteiger partial charge in [0.05, 0.1) is 31.2 Å². The maximum Gasteiger partial charge on any atom is 0.334 e. The Morgan fingerprint density at radius 2 is 1.63 bits per heavy atom. The van der Waals surface area contributed by atoms with Crippen molar-refractivity contribution in [2.45, 2.75) is 182 Å². The van der Waals surface area contributed by atoms with Crippen LogP contribution in [0.1, 0.15) is 172 Å². The lowest BCUT2D eigenvalue weighted by molar-refractivity contribution is -0.228. The summed E-state index contributed by atoms with van der Waals surface area (Å²) in [6.45, 7) is 1.50. The third kappa shape index (κ3) is 10.5. The molecule has 0 saturated heterocycles. The Kier molecular flexibility index (Phi) is 15.8. The zero-order valence-corrected chi connectivity index (χ0v) is 45.7. The van der Waals surface area contributed by atoms with Gasteiger partial charge < -0.3 is 55.5 Å². The van der Waals surface area contributed by atoms with Crippen molar-refractivity contribution in [3.8, 4) is 23.3 Å². The van der Waals surface area contributed by atoms with Crippen LogP contribution in [0.3, 0.4) is 0 Å². The number of phenols is 1. The van der Waals surface area contributed by atoms with Crippen molar-refractivity contribution in [3.05, 3.63) is 98.1 Å². The lowest BCUT2D eigenvalue weighted by atomic mass is 9.48. The molecule has 13 unspecified atom stereocenters. The molecule has 11 bridgehead atoms. The van der Waals surface area contributed by atoms with Crippen LogP contribution in [0.5, 0.6) is 11.5 Å². The smallest absolute Gasteiger partial charge is 0.334 e. The predicted octanol–water partition coefficient (Wildman–Crippen LogP) is 7.46. The van der Waals surface area contributed by atoms with Gasteiger partial charge in [-0.2, -0.15) is 0 Å². The number of hydrogen-bond acceptors (Lipinski definition) is 14. The van der Waals surface area contributed by atoms with Crippen molar-refractivity contribution in [3.63, 3.8) is 0 Å². The number of ether oxygens (including phenoxy) is 3. The Balaban J connectivity index is 1.15. The quantitative estimate of drug-likeness (QED) is 0.0531. The van der Waals surface area contributed by atoms with Gasteiger partial charge in [0.2, 0.25) is 0 Å². The van der Waals surface area contributed by atoms with E-state index in [0.717, 1.165) is 80.9 Å². The van der Waals surface area contributed by atoms with Crippen molar-refractivity contribution in [1.29, 1.82) is 0 Å². The van der Waals surface area contributed by atoms with Gasteiger partial charge in [-0.25, -0.2) is 4.79 Å². The zero-order chi connectivity index (χ0) is 54.6. The molecule has 4 saturated carbocycles. The number of rotatable bonds is 11. The minimum atomic E-state index is -1.63. The Morgan fingerprint density at radius 3 is 2.42 bits per heavy atom. The summed E-state index contributed by atoms with van der Waals surface area (Å²) in [6.07, 6.45) is 6.34. The summed E-state index contributed by atoms with van der Waals surface area (Å²) in [4.78, 5) is 44.7. The molecule has 8 N–H and O–H groups in total. The van der Waals surface area contributed by atoms with E-state index in [9.17, 15) is 40.2 Å². The molecule has 3 aliphatic heterocycles. The highest BCUT2D eigenvalue weighted by Gasteiger charge is 2.62. The highest BCUT2D eigenvalue weighted by Crippen LogP contribution is 2.59. The third-order valence-electron chi connectivity index (χ3n) is 19.9. The van der Waals surface area contributed by atoms with E-state index in [1.807, 2.05) is 18.2 Å². The van der Waals surface area contributed by atoms with Crippen LogP contribution in [0, 0.1) is 41.4 Å². The zero-order valence-electron chi connectivity index (χ0n) is 45.7. The molecule has 0 amide bonds. The maximum atomic E-state index is 16.2. The molecule has 4 fully saturated rings. The fourth-order valence-electron chi connectivity index (χ4n) is 15.7. The first-order valence-corrected chi connectivity index (χ1v) is 29.2. The van der Waals surface area contributed by atoms with Crippen LogP contribution < -0.4 is 15.4 Å². The largest absolute Gasteiger partial charge is 0.507 e. The van der Waals surface area contributed by atoms with E-state index in [0.29, 0.717) is 70.5 Å². The van der Waals surface area contributed by atoms with Gasteiger partial charge in [0.1, 0.15) is 40.7 Å². The van der Waals surface area contributed by atoms with Crippen LogP contribution in [0.4, 0.5) is 5.69 Å². The number of Topliss-reactive ketones (excluding diaryl/α,β-unsaturated/α-hetero) is 1. The number of esters is 2. The van der Waals surface area contributed by atoms with Gasteiger partial charge in [0.15, 0.2) is 0 Å². The van der Waals surface area contributed by atoms with Gasteiger partial charge in [0.25, 0.3) is 0 Å². The Bertz CT molecular complexity index is 2900. The average molecular weight is 1070 g/mol. The van der Waals surface area contributed by atoms with E-state index in [1.54, 1.807) is 13.1 Å². The van der Waals surface area contributed by atoms with Crippen LogP contribution in [0.2, 0.25) is 0 Å². The number of ketones is 1. The number of benzene rings is 3. The van der Waals surface area contributed by atoms with Crippen LogP contribution >= 0.6 is 0 Å². The number of aliphatic hydroxyl groups excluding tert-OH is 3. The van der Waals surface area contributed by atoms with Gasteiger partial charge in [0, 0.05) is 73.7 Å². The Morgan fingerprint density at radius 1 is 0.846 bits per heavy atom. The number of aromatic hydroxyl groups is 1. The lowest BCUT2D eigenvalue weighted by Crippen LogP contribution is -2.66. The minimum Gasteiger partial charge on any atom is -0.507 e. The van der Waals surface area contributed by atoms with Crippen LogP contribution in [0.25, 0.3) is 0 Å². The number of aryl methyl sites for hydroxylation is 1. The molecular formula is C64H80N2O12. The number of carbonyl (C=O) groups excluding carboxylic acids is 3. The summed E-state index contributed by atoms with van der Waals surface area (Å²) in [5.74, 6) is 3.62. The van der Waals surface area contributed by atoms with Crippen molar-refractivity contribution in [1.82, 2.24) is 5.32 Å². The summed E-state index contributed by atoms with van der Waals surface area (Å²) in [6, 6.07) is 13.7. The van der Waals surface area contributed by atoms with E-state index in [-0.39, 0.29) is 98.5 Å². The second kappa shape index (κ2) is 22.4. The molecule has 78 heavy (non-hydrogen) atoms. The molecule has 0 aromatic heterocycles. The molecule has 5 aliphatic carbocycles. The average Bonchev–Trinajstić information content (AvgIpc) is 3.48. The molecule has 8 aliphatic rings. The third-order valence-corrected chi connectivity index (χ3v) is 19.9. The van der Waals surface area contributed by atoms with Crippen molar-refractivity contribution in [2.75, 3.05) is 39.2 Å². The molecule has 3 aromatic carbocycles. The Labute approximate surface area is 458 Å². The molecule has 14 nitrogen and oxygen atoms in total. The lowest BCUT2D eigenvalue weighted by Gasteiger charge is -2.59. The molecule has 0 spiro atoms. The molecule has 0 radical (unpaired) electrons. The maximum absolute atomic E-state index is 16.2. The summed E-state index contributed by atoms with van der Waals surface area (Å²) in [7, 11) is 3.18. The summed E-state index contributed by atoms with van der Waals surface area (Å²) >= 11 is 0. The van der Waals surface area contributed by atoms with Crippen molar-refractivity contribution in [2.24, 2.45) is 29.6 Å². The summed E-state index contributed by atoms with van der Waals surface area (Å²) < 4.78 is 18.6. The SMILES string of the molecule is CNCC(O)c1cc(NCC(C)(O)C(O)COC)cc(C2C#CC3CC(=O)Oc4c3cc(c(O)c4C3CCCCC3)CC3OC(=O)C(=C4CCc5ccc(cc5CC4O)CC4C(=O)CCC5C4CC4CCCCC4C35O)C2)c1. The first-order chi connectivity index (χ1) is 37.5. The number of carbonyl (C=O) groups is 3. The second-order valence-corrected chi connectivity index (χ2v) is 24.8. The van der Waals surface area contributed by atoms with Gasteiger partial charge in [-0.3, -0.25) is 9.59 Å². The normalized spacial score (nSPS) is 31.5. The molecule has 3 aromatic rings. The number of nitrogens with one attached hydrogen (secondary N) is 2. The van der Waals surface area contributed by atoms with Crippen LogP contribution in [-0.4, -0.2) is 112 Å². The van der Waals surface area contributed by atoms with Crippen molar-refractivity contribution < 1.29 is 59.2 Å². The highest BCUT2D eigenvalue weighted by molar-refractivity contribution is 5.90. The fourth-order valence-corrected chi connectivity index (χ4v) is 15.7. The number of anilines is 1. The second-order valence-electron chi connectivity index (χ2n) is 24.8. The number of methoxy groups -OCH3 is 1. The van der Waals surface area contributed by atoms with E-state index < -0.39 is 65.3 Å². The first kappa shape index (κ1) is 54.8. The van der Waals surface area contributed by atoms with Gasteiger partial charge in [-0.05, 0) is 159 Å². The van der Waals surface area contributed by atoms with Crippen LogP contribution in [-0.2, 0) is 49.5 Å². The van der Waals surface area contributed by atoms with Crippen molar-refractivity contribution >= 4 is 23.4 Å². The van der Waals surface area contributed by atoms with Gasteiger partial charge >= 0.3 is 11.9 Å². The summed E-state index contributed by atoms with van der Waals surface area (Å²) in [5.41, 5.74) is 3.81.